The maximum absolute atomic E-state index is 11.9. The first-order valence-electron chi connectivity index (χ1n) is 7.49. The number of nitrogens with one attached hydrogen (secondary N) is 1. The molecule has 0 saturated carbocycles. The van der Waals surface area contributed by atoms with Crippen molar-refractivity contribution in [2.75, 3.05) is 19.0 Å². The van der Waals surface area contributed by atoms with E-state index in [-0.39, 0.29) is 12.5 Å². The standard InChI is InChI=1S/C19H19NO4/c1-24-19(23)16-7-2-14(3-8-16)6-11-18(22)20-17-9-4-15(5-10-17)12-13-21/h2-11,21H,12-13H2,1H3,(H,20,22). The lowest BCUT2D eigenvalue weighted by Crippen LogP contribution is -2.07. The average Bonchev–Trinajstić information content (AvgIpc) is 2.61. The normalized spacial score (nSPS) is 10.6. The molecule has 0 aliphatic carbocycles. The van der Waals surface area contributed by atoms with E-state index in [0.29, 0.717) is 17.7 Å². The number of aliphatic hydroxyl groups excluding tert-OH is 1. The highest BCUT2D eigenvalue weighted by atomic mass is 16.5. The maximum Gasteiger partial charge on any atom is 0.337 e. The fourth-order valence-corrected chi connectivity index (χ4v) is 2.09. The fraction of sp³-hybridized carbons (Fsp3) is 0.158. The molecule has 124 valence electrons. The molecule has 2 aromatic rings. The third kappa shape index (κ3) is 5.07. The Morgan fingerprint density at radius 2 is 1.75 bits per heavy atom. The van der Waals surface area contributed by atoms with E-state index in [0.717, 1.165) is 11.1 Å². The van der Waals surface area contributed by atoms with Crippen molar-refractivity contribution in [3.63, 3.8) is 0 Å². The lowest BCUT2D eigenvalue weighted by molar-refractivity contribution is -0.111. The summed E-state index contributed by atoms with van der Waals surface area (Å²) in [6.07, 6.45) is 3.68. The molecule has 0 aromatic heterocycles. The van der Waals surface area contributed by atoms with Gasteiger partial charge in [0, 0.05) is 18.4 Å². The highest BCUT2D eigenvalue weighted by molar-refractivity contribution is 6.02. The third-order valence-corrected chi connectivity index (χ3v) is 3.38. The average molecular weight is 325 g/mol. The molecule has 1 amide bonds. The number of carbonyl (C=O) groups is 2. The minimum Gasteiger partial charge on any atom is -0.465 e. The Morgan fingerprint density at radius 3 is 2.33 bits per heavy atom. The lowest BCUT2D eigenvalue weighted by atomic mass is 10.1. The molecule has 2 aromatic carbocycles. The molecule has 0 heterocycles. The summed E-state index contributed by atoms with van der Waals surface area (Å²) in [6.45, 7) is 0.100. The quantitative estimate of drug-likeness (QED) is 0.632. The van der Waals surface area contributed by atoms with Gasteiger partial charge in [0.05, 0.1) is 12.7 Å². The summed E-state index contributed by atoms with van der Waals surface area (Å²) in [5.41, 5.74) is 2.96. The smallest absolute Gasteiger partial charge is 0.337 e. The molecular weight excluding hydrogens is 306 g/mol. The number of amides is 1. The Hall–Kier alpha value is -2.92. The van der Waals surface area contributed by atoms with Crippen molar-refractivity contribution in [2.45, 2.75) is 6.42 Å². The molecular formula is C19H19NO4. The summed E-state index contributed by atoms with van der Waals surface area (Å²) in [5.74, 6) is -0.644. The topological polar surface area (TPSA) is 75.6 Å². The van der Waals surface area contributed by atoms with Crippen molar-refractivity contribution in [1.29, 1.82) is 0 Å². The van der Waals surface area contributed by atoms with E-state index >= 15 is 0 Å². The minimum atomic E-state index is -0.395. The van der Waals surface area contributed by atoms with Gasteiger partial charge in [-0.15, -0.1) is 0 Å². The van der Waals surface area contributed by atoms with Gasteiger partial charge in [-0.1, -0.05) is 24.3 Å². The van der Waals surface area contributed by atoms with Gasteiger partial charge >= 0.3 is 5.97 Å². The first-order chi connectivity index (χ1) is 11.6. The number of hydrogen-bond donors (Lipinski definition) is 2. The van der Waals surface area contributed by atoms with Gasteiger partial charge in [-0.2, -0.15) is 0 Å². The van der Waals surface area contributed by atoms with Crippen molar-refractivity contribution in [2.24, 2.45) is 0 Å². The second-order valence-corrected chi connectivity index (χ2v) is 5.11. The number of aliphatic hydroxyl groups is 1. The van der Waals surface area contributed by atoms with Gasteiger partial charge in [-0.25, -0.2) is 4.79 Å². The van der Waals surface area contributed by atoms with E-state index in [1.807, 2.05) is 12.1 Å². The number of esters is 1. The Kier molecular flexibility index (Phi) is 6.28. The van der Waals surface area contributed by atoms with Crippen LogP contribution in [-0.4, -0.2) is 30.7 Å². The largest absolute Gasteiger partial charge is 0.465 e. The van der Waals surface area contributed by atoms with Crippen LogP contribution in [0.25, 0.3) is 6.08 Å². The van der Waals surface area contributed by atoms with Crippen LogP contribution in [0.3, 0.4) is 0 Å². The summed E-state index contributed by atoms with van der Waals surface area (Å²) in [7, 11) is 1.33. The monoisotopic (exact) mass is 325 g/mol. The van der Waals surface area contributed by atoms with E-state index < -0.39 is 5.97 Å². The summed E-state index contributed by atoms with van der Waals surface area (Å²) in [5, 5.41) is 11.6. The molecule has 0 atom stereocenters. The number of hydrogen-bond acceptors (Lipinski definition) is 4. The third-order valence-electron chi connectivity index (χ3n) is 3.38. The van der Waals surface area contributed by atoms with Crippen molar-refractivity contribution >= 4 is 23.6 Å². The zero-order valence-corrected chi connectivity index (χ0v) is 13.4. The second-order valence-electron chi connectivity index (χ2n) is 5.11. The fourth-order valence-electron chi connectivity index (χ4n) is 2.09. The summed E-state index contributed by atoms with van der Waals surface area (Å²) in [4.78, 5) is 23.2. The molecule has 0 aliphatic heterocycles. The Bertz CT molecular complexity index is 718. The van der Waals surface area contributed by atoms with Crippen molar-refractivity contribution < 1.29 is 19.4 Å². The first kappa shape index (κ1) is 17.4. The van der Waals surface area contributed by atoms with Crippen LogP contribution in [0.2, 0.25) is 0 Å². The second kappa shape index (κ2) is 8.64. The molecule has 0 radical (unpaired) electrons. The number of carbonyl (C=O) groups excluding carboxylic acids is 2. The maximum atomic E-state index is 11.9. The molecule has 0 bridgehead atoms. The summed E-state index contributed by atoms with van der Waals surface area (Å²) < 4.78 is 4.63. The van der Waals surface area contributed by atoms with Crippen LogP contribution < -0.4 is 5.32 Å². The van der Waals surface area contributed by atoms with Crippen LogP contribution in [0.5, 0.6) is 0 Å². The number of benzene rings is 2. The van der Waals surface area contributed by atoms with E-state index in [2.05, 4.69) is 10.1 Å². The van der Waals surface area contributed by atoms with E-state index in [9.17, 15) is 9.59 Å². The van der Waals surface area contributed by atoms with Gasteiger partial charge < -0.3 is 15.2 Å². The lowest BCUT2D eigenvalue weighted by Gasteiger charge is -2.04. The van der Waals surface area contributed by atoms with Gasteiger partial charge in [-0.3, -0.25) is 4.79 Å². The SMILES string of the molecule is COC(=O)c1ccc(C=CC(=O)Nc2ccc(CCO)cc2)cc1. The van der Waals surface area contributed by atoms with Gasteiger partial charge in [0.2, 0.25) is 5.91 Å². The summed E-state index contributed by atoms with van der Waals surface area (Å²) in [6, 6.07) is 14.1. The van der Waals surface area contributed by atoms with E-state index in [1.54, 1.807) is 42.5 Å². The molecule has 24 heavy (non-hydrogen) atoms. The Balaban J connectivity index is 1.93. The number of ether oxygens (including phenoxy) is 1. The molecule has 5 nitrogen and oxygen atoms in total. The van der Waals surface area contributed by atoms with Crippen LogP contribution >= 0.6 is 0 Å². The van der Waals surface area contributed by atoms with Gasteiger partial charge in [-0.05, 0) is 47.9 Å². The first-order valence-corrected chi connectivity index (χ1v) is 7.49. The molecule has 0 fully saturated rings. The molecule has 5 heteroatoms. The molecule has 2 N–H and O–H groups in total. The van der Waals surface area contributed by atoms with Gasteiger partial charge in [0.15, 0.2) is 0 Å². The Morgan fingerprint density at radius 1 is 1.08 bits per heavy atom. The minimum absolute atomic E-state index is 0.100. The predicted molar refractivity (Wildman–Crippen MR) is 92.7 cm³/mol. The molecule has 2 rings (SSSR count). The zero-order chi connectivity index (χ0) is 17.4. The number of anilines is 1. The van der Waals surface area contributed by atoms with Crippen molar-refractivity contribution in [3.05, 3.63) is 71.3 Å². The van der Waals surface area contributed by atoms with Crippen molar-refractivity contribution in [3.8, 4) is 0 Å². The molecule has 0 aliphatic rings. The number of methoxy groups -OCH3 is 1. The van der Waals surface area contributed by atoms with Crippen LogP contribution in [0.1, 0.15) is 21.5 Å². The van der Waals surface area contributed by atoms with Crippen LogP contribution in [-0.2, 0) is 16.0 Å². The predicted octanol–water partition coefficient (Wildman–Crippen LogP) is 2.66. The Labute approximate surface area is 140 Å². The molecule has 0 unspecified atom stereocenters. The van der Waals surface area contributed by atoms with Crippen LogP contribution in [0.4, 0.5) is 5.69 Å². The van der Waals surface area contributed by atoms with Gasteiger partial charge in [0.25, 0.3) is 0 Å². The van der Waals surface area contributed by atoms with Gasteiger partial charge in [0.1, 0.15) is 0 Å². The van der Waals surface area contributed by atoms with Crippen molar-refractivity contribution in [1.82, 2.24) is 0 Å². The van der Waals surface area contributed by atoms with E-state index in [1.165, 1.54) is 13.2 Å². The summed E-state index contributed by atoms with van der Waals surface area (Å²) >= 11 is 0. The number of rotatable bonds is 6. The molecule has 0 spiro atoms. The highest BCUT2D eigenvalue weighted by Crippen LogP contribution is 2.11. The molecule has 0 saturated heterocycles. The highest BCUT2D eigenvalue weighted by Gasteiger charge is 2.03. The van der Waals surface area contributed by atoms with E-state index in [4.69, 9.17) is 5.11 Å². The zero-order valence-electron chi connectivity index (χ0n) is 13.4. The van der Waals surface area contributed by atoms with Crippen LogP contribution in [0.15, 0.2) is 54.6 Å². The van der Waals surface area contributed by atoms with Crippen LogP contribution in [0, 0.1) is 0 Å².